The topological polar surface area (TPSA) is 47.3 Å². The second-order valence-electron chi connectivity index (χ2n) is 4.52. The van der Waals surface area contributed by atoms with Crippen LogP contribution in [0.25, 0.3) is 0 Å². The van der Waals surface area contributed by atoms with Gasteiger partial charge in [0.05, 0.1) is 12.5 Å². The van der Waals surface area contributed by atoms with E-state index in [-0.39, 0.29) is 12.4 Å². The third-order valence-electron chi connectivity index (χ3n) is 2.52. The fraction of sp³-hybridized carbons (Fsp3) is 0.357. The Hall–Kier alpha value is -1.88. The first-order chi connectivity index (χ1) is 9.15. The summed E-state index contributed by atoms with van der Waals surface area (Å²) in [7, 11) is 0. The Labute approximate surface area is 111 Å². The average Bonchev–Trinajstić information content (AvgIpc) is 2.88. The molecule has 0 bridgehead atoms. The molecular weight excluding hydrogens is 247 g/mol. The molecule has 0 amide bonds. The summed E-state index contributed by atoms with van der Waals surface area (Å²) in [5.74, 6) is 0.755. The third kappa shape index (κ3) is 4.06. The minimum Gasteiger partial charge on any atom is -0.469 e. The van der Waals surface area contributed by atoms with Crippen molar-refractivity contribution in [2.75, 3.05) is 0 Å². The molecule has 0 aliphatic heterocycles. The number of pyridine rings is 1. The number of nitrogens with zero attached hydrogens (tertiary/aromatic N) is 1. The number of ether oxygens (including phenoxy) is 1. The third-order valence-corrected chi connectivity index (χ3v) is 2.52. The molecule has 4 nitrogen and oxygen atoms in total. The van der Waals surface area contributed by atoms with Gasteiger partial charge < -0.3 is 14.5 Å². The van der Waals surface area contributed by atoms with Crippen molar-refractivity contribution < 1.29 is 13.5 Å². The lowest BCUT2D eigenvalue weighted by Gasteiger charge is -2.12. The van der Waals surface area contributed by atoms with E-state index in [0.717, 1.165) is 6.20 Å². The van der Waals surface area contributed by atoms with Crippen LogP contribution in [0.5, 0.6) is 5.88 Å². The zero-order valence-corrected chi connectivity index (χ0v) is 11.0. The Kier molecular flexibility index (Phi) is 4.52. The summed E-state index contributed by atoms with van der Waals surface area (Å²) in [6, 6.07) is 5.34. The van der Waals surface area contributed by atoms with Crippen molar-refractivity contribution in [1.29, 1.82) is 0 Å². The van der Waals surface area contributed by atoms with Gasteiger partial charge in [-0.2, -0.15) is 0 Å². The van der Waals surface area contributed by atoms with Gasteiger partial charge in [0.2, 0.25) is 5.88 Å². The maximum Gasteiger partial charge on any atom is 0.218 e. The normalized spacial score (nSPS) is 10.9. The zero-order chi connectivity index (χ0) is 13.7. The van der Waals surface area contributed by atoms with Gasteiger partial charge in [-0.15, -0.1) is 0 Å². The first-order valence-electron chi connectivity index (χ1n) is 6.18. The summed E-state index contributed by atoms with van der Waals surface area (Å²) in [6.07, 6.45) is 2.73. The van der Waals surface area contributed by atoms with Crippen LogP contribution in [-0.2, 0) is 13.2 Å². The Morgan fingerprint density at radius 3 is 3.00 bits per heavy atom. The first-order valence-corrected chi connectivity index (χ1v) is 6.18. The monoisotopic (exact) mass is 264 g/mol. The molecule has 0 aliphatic rings. The predicted molar refractivity (Wildman–Crippen MR) is 69.2 cm³/mol. The molecule has 0 aliphatic carbocycles. The summed E-state index contributed by atoms with van der Waals surface area (Å²) in [5, 5.41) is 3.21. The number of nitrogens with one attached hydrogen (secondary N) is 1. The van der Waals surface area contributed by atoms with E-state index in [1.54, 1.807) is 12.3 Å². The molecule has 2 heterocycles. The highest BCUT2D eigenvalue weighted by Crippen LogP contribution is 2.18. The highest BCUT2D eigenvalue weighted by Gasteiger charge is 2.09. The molecule has 0 atom stereocenters. The van der Waals surface area contributed by atoms with Gasteiger partial charge in [-0.25, -0.2) is 9.37 Å². The molecular formula is C14H17FN2O2. The summed E-state index contributed by atoms with van der Waals surface area (Å²) in [4.78, 5) is 3.98. The minimum atomic E-state index is -0.370. The van der Waals surface area contributed by atoms with Crippen LogP contribution in [0, 0.1) is 5.82 Å². The lowest BCUT2D eigenvalue weighted by atomic mass is 10.2. The van der Waals surface area contributed by atoms with Crippen LogP contribution in [-0.4, -0.2) is 11.0 Å². The number of aromatic nitrogens is 1. The molecule has 0 saturated carbocycles. The lowest BCUT2D eigenvalue weighted by Crippen LogP contribution is -2.22. The second kappa shape index (κ2) is 6.33. The molecule has 5 heteroatoms. The van der Waals surface area contributed by atoms with E-state index in [1.165, 1.54) is 6.07 Å². The Morgan fingerprint density at radius 2 is 2.32 bits per heavy atom. The molecule has 2 rings (SSSR count). The van der Waals surface area contributed by atoms with Crippen LogP contribution in [0.1, 0.15) is 25.2 Å². The van der Waals surface area contributed by atoms with Crippen molar-refractivity contribution in [3.05, 3.63) is 47.8 Å². The molecule has 0 unspecified atom stereocenters. The van der Waals surface area contributed by atoms with E-state index in [4.69, 9.17) is 9.15 Å². The molecule has 102 valence electrons. The van der Waals surface area contributed by atoms with Gasteiger partial charge in [-0.05, 0) is 18.2 Å². The fourth-order valence-corrected chi connectivity index (χ4v) is 1.57. The van der Waals surface area contributed by atoms with Crippen LogP contribution in [0.3, 0.4) is 0 Å². The van der Waals surface area contributed by atoms with Gasteiger partial charge in [0.15, 0.2) is 0 Å². The molecule has 0 aromatic carbocycles. The summed E-state index contributed by atoms with van der Waals surface area (Å²) < 4.78 is 24.0. The molecule has 0 radical (unpaired) electrons. The van der Waals surface area contributed by atoms with Gasteiger partial charge in [-0.1, -0.05) is 13.8 Å². The van der Waals surface area contributed by atoms with Gasteiger partial charge in [0, 0.05) is 18.2 Å². The number of halogens is 1. The molecule has 0 fully saturated rings. The van der Waals surface area contributed by atoms with Gasteiger partial charge in [0.25, 0.3) is 0 Å². The van der Waals surface area contributed by atoms with Crippen molar-refractivity contribution in [2.24, 2.45) is 0 Å². The van der Waals surface area contributed by atoms with Crippen LogP contribution in [0.4, 0.5) is 4.39 Å². The van der Waals surface area contributed by atoms with E-state index < -0.39 is 0 Å². The standard InChI is InChI=1S/C14H17FN2O2/c1-10(2)16-7-11-6-12(15)8-17-14(11)19-9-13-4-3-5-18-13/h3-6,8,10,16H,7,9H2,1-2H3. The SMILES string of the molecule is CC(C)NCc1cc(F)cnc1OCc1ccco1. The van der Waals surface area contributed by atoms with Gasteiger partial charge >= 0.3 is 0 Å². The summed E-state index contributed by atoms with van der Waals surface area (Å²) in [5.41, 5.74) is 0.695. The predicted octanol–water partition coefficient (Wildman–Crippen LogP) is 2.89. The minimum absolute atomic E-state index is 0.278. The van der Waals surface area contributed by atoms with E-state index >= 15 is 0 Å². The quantitative estimate of drug-likeness (QED) is 0.871. The molecule has 2 aromatic heterocycles. The average molecular weight is 264 g/mol. The first kappa shape index (κ1) is 13.5. The van der Waals surface area contributed by atoms with Gasteiger partial charge in [0.1, 0.15) is 18.2 Å². The van der Waals surface area contributed by atoms with E-state index in [0.29, 0.717) is 29.8 Å². The molecule has 2 aromatic rings. The van der Waals surface area contributed by atoms with E-state index in [9.17, 15) is 4.39 Å². The van der Waals surface area contributed by atoms with Crippen LogP contribution in [0.2, 0.25) is 0 Å². The zero-order valence-electron chi connectivity index (χ0n) is 11.0. The molecule has 19 heavy (non-hydrogen) atoms. The number of rotatable bonds is 6. The molecule has 0 saturated heterocycles. The van der Waals surface area contributed by atoms with Crippen molar-refractivity contribution in [1.82, 2.24) is 10.3 Å². The van der Waals surface area contributed by atoms with Crippen LogP contribution < -0.4 is 10.1 Å². The van der Waals surface area contributed by atoms with Crippen molar-refractivity contribution in [3.8, 4) is 5.88 Å². The van der Waals surface area contributed by atoms with Crippen LogP contribution >= 0.6 is 0 Å². The fourth-order valence-electron chi connectivity index (χ4n) is 1.57. The number of hydrogen-bond donors (Lipinski definition) is 1. The maximum atomic E-state index is 13.2. The lowest BCUT2D eigenvalue weighted by molar-refractivity contribution is 0.256. The van der Waals surface area contributed by atoms with Crippen LogP contribution in [0.15, 0.2) is 35.1 Å². The molecule has 0 spiro atoms. The number of furan rings is 1. The smallest absolute Gasteiger partial charge is 0.218 e. The highest BCUT2D eigenvalue weighted by molar-refractivity contribution is 5.26. The largest absolute Gasteiger partial charge is 0.469 e. The Balaban J connectivity index is 2.05. The molecule has 1 N–H and O–H groups in total. The maximum absolute atomic E-state index is 13.2. The Morgan fingerprint density at radius 1 is 1.47 bits per heavy atom. The van der Waals surface area contributed by atoms with Crippen molar-refractivity contribution in [2.45, 2.75) is 33.0 Å². The highest BCUT2D eigenvalue weighted by atomic mass is 19.1. The van der Waals surface area contributed by atoms with E-state index in [2.05, 4.69) is 10.3 Å². The summed E-state index contributed by atoms with van der Waals surface area (Å²) in [6.45, 7) is 4.84. The Bertz CT molecular complexity index is 512. The van der Waals surface area contributed by atoms with E-state index in [1.807, 2.05) is 19.9 Å². The number of hydrogen-bond acceptors (Lipinski definition) is 4. The van der Waals surface area contributed by atoms with Crippen molar-refractivity contribution >= 4 is 0 Å². The van der Waals surface area contributed by atoms with Gasteiger partial charge in [-0.3, -0.25) is 0 Å². The van der Waals surface area contributed by atoms with Crippen molar-refractivity contribution in [3.63, 3.8) is 0 Å². The summed E-state index contributed by atoms with van der Waals surface area (Å²) >= 11 is 0. The second-order valence-corrected chi connectivity index (χ2v) is 4.52.